The first kappa shape index (κ1) is 13.4. The molecule has 3 N–H and O–H groups in total. The Morgan fingerprint density at radius 2 is 2.16 bits per heavy atom. The fraction of sp³-hybridized carbons (Fsp3) is 0.214. The highest BCUT2D eigenvalue weighted by molar-refractivity contribution is 7.07. The monoisotopic (exact) mass is 275 g/mol. The quantitative estimate of drug-likeness (QED) is 0.843. The molecule has 1 amide bonds. The Hall–Kier alpha value is -2.01. The molecule has 0 unspecified atom stereocenters. The van der Waals surface area contributed by atoms with Gasteiger partial charge < -0.3 is 16.0 Å². The molecule has 5 heteroatoms. The summed E-state index contributed by atoms with van der Waals surface area (Å²) in [6, 6.07) is 7.35. The lowest BCUT2D eigenvalue weighted by Crippen LogP contribution is -2.23. The third kappa shape index (κ3) is 3.26. The summed E-state index contributed by atoms with van der Waals surface area (Å²) in [5.74, 6) is -0.0344. The molecule has 0 spiro atoms. The van der Waals surface area contributed by atoms with Crippen molar-refractivity contribution in [3.8, 4) is 0 Å². The van der Waals surface area contributed by atoms with Crippen molar-refractivity contribution in [3.05, 3.63) is 46.2 Å². The van der Waals surface area contributed by atoms with E-state index in [9.17, 15) is 4.79 Å². The zero-order chi connectivity index (χ0) is 13.8. The standard InChI is InChI=1S/C14H17N3OS/c1-17(2)14(18)12-4-3-11(15)7-13(12)16-8-10-5-6-19-9-10/h3-7,9,16H,8,15H2,1-2H3. The van der Waals surface area contributed by atoms with Crippen LogP contribution in [0.3, 0.4) is 0 Å². The number of thiophene rings is 1. The molecule has 1 heterocycles. The van der Waals surface area contributed by atoms with Gasteiger partial charge in [0.05, 0.1) is 5.56 Å². The summed E-state index contributed by atoms with van der Waals surface area (Å²) in [6.45, 7) is 0.681. The van der Waals surface area contributed by atoms with Gasteiger partial charge in [-0.1, -0.05) is 0 Å². The molecule has 0 aliphatic heterocycles. The predicted octanol–water partition coefficient (Wildman–Crippen LogP) is 2.64. The first-order valence-corrected chi connectivity index (χ1v) is 6.88. The number of hydrogen-bond acceptors (Lipinski definition) is 4. The lowest BCUT2D eigenvalue weighted by Gasteiger charge is -2.15. The zero-order valence-corrected chi connectivity index (χ0v) is 11.8. The highest BCUT2D eigenvalue weighted by atomic mass is 32.1. The van der Waals surface area contributed by atoms with Crippen molar-refractivity contribution < 1.29 is 4.79 Å². The number of nitrogens with two attached hydrogens (primary N) is 1. The Bertz CT molecular complexity index is 564. The Balaban J connectivity index is 2.22. The van der Waals surface area contributed by atoms with Crippen LogP contribution in [0.5, 0.6) is 0 Å². The van der Waals surface area contributed by atoms with Gasteiger partial charge in [0.25, 0.3) is 5.91 Å². The first-order chi connectivity index (χ1) is 9.08. The summed E-state index contributed by atoms with van der Waals surface area (Å²) in [6.07, 6.45) is 0. The molecule has 0 radical (unpaired) electrons. The maximum Gasteiger partial charge on any atom is 0.255 e. The van der Waals surface area contributed by atoms with Crippen LogP contribution in [-0.2, 0) is 6.54 Å². The van der Waals surface area contributed by atoms with Crippen molar-refractivity contribution >= 4 is 28.6 Å². The molecule has 0 aliphatic carbocycles. The van der Waals surface area contributed by atoms with E-state index in [2.05, 4.69) is 16.8 Å². The van der Waals surface area contributed by atoms with Crippen LogP contribution in [0.15, 0.2) is 35.0 Å². The maximum absolute atomic E-state index is 12.1. The topological polar surface area (TPSA) is 58.4 Å². The Kier molecular flexibility index (Phi) is 4.06. The fourth-order valence-corrected chi connectivity index (χ4v) is 2.39. The summed E-state index contributed by atoms with van der Waals surface area (Å²) < 4.78 is 0. The summed E-state index contributed by atoms with van der Waals surface area (Å²) in [5, 5.41) is 7.38. The number of amides is 1. The Morgan fingerprint density at radius 1 is 1.37 bits per heavy atom. The summed E-state index contributed by atoms with van der Waals surface area (Å²) in [7, 11) is 3.47. The maximum atomic E-state index is 12.1. The smallest absolute Gasteiger partial charge is 0.255 e. The molecular formula is C14H17N3OS. The molecule has 1 aromatic carbocycles. The number of hydrogen-bond donors (Lipinski definition) is 2. The molecule has 0 atom stereocenters. The van der Waals surface area contributed by atoms with E-state index >= 15 is 0 Å². The average molecular weight is 275 g/mol. The number of nitrogens with zero attached hydrogens (tertiary/aromatic N) is 1. The van der Waals surface area contributed by atoms with Gasteiger partial charge in [-0.25, -0.2) is 0 Å². The van der Waals surface area contributed by atoms with E-state index in [-0.39, 0.29) is 5.91 Å². The molecule has 4 nitrogen and oxygen atoms in total. The van der Waals surface area contributed by atoms with Crippen molar-refractivity contribution in [2.45, 2.75) is 6.54 Å². The molecule has 2 aromatic rings. The van der Waals surface area contributed by atoms with Crippen LogP contribution >= 0.6 is 11.3 Å². The van der Waals surface area contributed by atoms with Crippen LogP contribution in [-0.4, -0.2) is 24.9 Å². The SMILES string of the molecule is CN(C)C(=O)c1ccc(N)cc1NCc1ccsc1. The number of nitrogens with one attached hydrogen (secondary N) is 1. The summed E-state index contributed by atoms with van der Waals surface area (Å²) in [4.78, 5) is 13.6. The third-order valence-electron chi connectivity index (χ3n) is 2.74. The highest BCUT2D eigenvalue weighted by Gasteiger charge is 2.13. The Labute approximate surface area is 116 Å². The van der Waals surface area contributed by atoms with E-state index in [1.54, 1.807) is 48.5 Å². The number of rotatable bonds is 4. The van der Waals surface area contributed by atoms with Crippen molar-refractivity contribution in [2.24, 2.45) is 0 Å². The van der Waals surface area contributed by atoms with E-state index in [0.717, 1.165) is 5.69 Å². The van der Waals surface area contributed by atoms with E-state index in [4.69, 9.17) is 5.73 Å². The Morgan fingerprint density at radius 3 is 2.79 bits per heavy atom. The van der Waals surface area contributed by atoms with Crippen LogP contribution in [0, 0.1) is 0 Å². The van der Waals surface area contributed by atoms with Crippen molar-refractivity contribution in [2.75, 3.05) is 25.1 Å². The van der Waals surface area contributed by atoms with Crippen LogP contribution < -0.4 is 11.1 Å². The van der Waals surface area contributed by atoms with Crippen molar-refractivity contribution in [1.82, 2.24) is 4.90 Å². The van der Waals surface area contributed by atoms with Crippen LogP contribution in [0.2, 0.25) is 0 Å². The van der Waals surface area contributed by atoms with Gasteiger partial charge in [0, 0.05) is 32.0 Å². The normalized spacial score (nSPS) is 10.2. The van der Waals surface area contributed by atoms with Gasteiger partial charge in [-0.15, -0.1) is 0 Å². The molecule has 2 rings (SSSR count). The van der Waals surface area contributed by atoms with Crippen molar-refractivity contribution in [1.29, 1.82) is 0 Å². The van der Waals surface area contributed by atoms with Crippen LogP contribution in [0.1, 0.15) is 15.9 Å². The molecule has 0 saturated heterocycles. The number of carbonyl (C=O) groups excluding carboxylic acids is 1. The van der Waals surface area contributed by atoms with Gasteiger partial charge in [0.1, 0.15) is 0 Å². The lowest BCUT2D eigenvalue weighted by atomic mass is 10.1. The summed E-state index contributed by atoms with van der Waals surface area (Å²) >= 11 is 1.65. The molecular weight excluding hydrogens is 258 g/mol. The first-order valence-electron chi connectivity index (χ1n) is 5.94. The lowest BCUT2D eigenvalue weighted by molar-refractivity contribution is 0.0828. The number of anilines is 2. The van der Waals surface area contributed by atoms with Gasteiger partial charge in [-0.05, 0) is 40.6 Å². The molecule has 0 aliphatic rings. The largest absolute Gasteiger partial charge is 0.399 e. The number of nitrogen functional groups attached to an aromatic ring is 1. The van der Waals surface area contributed by atoms with E-state index in [0.29, 0.717) is 17.8 Å². The molecule has 1 aromatic heterocycles. The number of carbonyl (C=O) groups is 1. The predicted molar refractivity (Wildman–Crippen MR) is 80.5 cm³/mol. The molecule has 0 bridgehead atoms. The molecule has 100 valence electrons. The minimum absolute atomic E-state index is 0.0344. The zero-order valence-electron chi connectivity index (χ0n) is 11.0. The van der Waals surface area contributed by atoms with Gasteiger partial charge in [0.15, 0.2) is 0 Å². The molecule has 19 heavy (non-hydrogen) atoms. The van der Waals surface area contributed by atoms with Gasteiger partial charge in [0.2, 0.25) is 0 Å². The second kappa shape index (κ2) is 5.75. The average Bonchev–Trinajstić information content (AvgIpc) is 2.88. The minimum atomic E-state index is -0.0344. The van der Waals surface area contributed by atoms with E-state index < -0.39 is 0 Å². The number of benzene rings is 1. The van der Waals surface area contributed by atoms with E-state index in [1.807, 2.05) is 5.38 Å². The third-order valence-corrected chi connectivity index (χ3v) is 3.48. The van der Waals surface area contributed by atoms with Crippen molar-refractivity contribution in [3.63, 3.8) is 0 Å². The van der Waals surface area contributed by atoms with Crippen LogP contribution in [0.4, 0.5) is 11.4 Å². The second-order valence-electron chi connectivity index (χ2n) is 4.49. The fourth-order valence-electron chi connectivity index (χ4n) is 1.73. The minimum Gasteiger partial charge on any atom is -0.399 e. The molecule has 0 fully saturated rings. The van der Waals surface area contributed by atoms with Gasteiger partial charge in [-0.2, -0.15) is 11.3 Å². The summed E-state index contributed by atoms with van der Waals surface area (Å²) in [5.41, 5.74) is 9.02. The molecule has 0 saturated carbocycles. The second-order valence-corrected chi connectivity index (χ2v) is 5.27. The van der Waals surface area contributed by atoms with Crippen LogP contribution in [0.25, 0.3) is 0 Å². The van der Waals surface area contributed by atoms with E-state index in [1.165, 1.54) is 5.56 Å². The highest BCUT2D eigenvalue weighted by Crippen LogP contribution is 2.21. The van der Waals surface area contributed by atoms with Gasteiger partial charge >= 0.3 is 0 Å². The van der Waals surface area contributed by atoms with Gasteiger partial charge in [-0.3, -0.25) is 4.79 Å².